The molecule has 2 saturated carbocycles. The molecule has 0 radical (unpaired) electrons. The van der Waals surface area contributed by atoms with Crippen LogP contribution >= 0.6 is 162 Å². The van der Waals surface area contributed by atoms with Gasteiger partial charge in [-0.05, 0) is 102 Å². The minimum Gasteiger partial charge on any atom is -0.505 e. The molecule has 0 atom stereocenters. The Bertz CT molecular complexity index is 5600. The van der Waals surface area contributed by atoms with Crippen molar-refractivity contribution in [3.05, 3.63) is 140 Å². The number of ketones is 7. The van der Waals surface area contributed by atoms with Crippen LogP contribution in [-0.4, -0.2) is 153 Å². The van der Waals surface area contributed by atoms with Gasteiger partial charge in [-0.15, -0.1) is 0 Å². The Morgan fingerprint density at radius 1 is 0.290 bits per heavy atom. The smallest absolute Gasteiger partial charge is 0.173 e. The zero-order valence-electron chi connectivity index (χ0n) is 82.4. The molecule has 2 aliphatic rings. The summed E-state index contributed by atoms with van der Waals surface area (Å²) in [6.45, 7) is 20.0. The van der Waals surface area contributed by atoms with E-state index in [1.165, 1.54) is 21.3 Å². The molecule has 8 aromatic carbocycles. The van der Waals surface area contributed by atoms with Gasteiger partial charge in [0.2, 0.25) is 0 Å². The fourth-order valence-corrected chi connectivity index (χ4v) is 18.4. The normalized spacial score (nSPS) is 12.1. The molecule has 0 spiro atoms. The second-order valence-electron chi connectivity index (χ2n) is 34.4. The number of hydrogen-bond donors (Lipinski definition) is 14. The number of rotatable bonds is 41. The van der Waals surface area contributed by atoms with Crippen LogP contribution in [0.25, 0.3) is 0 Å². The predicted octanol–water partition coefficient (Wildman–Crippen LogP) is 33.0. The van der Waals surface area contributed by atoms with Crippen molar-refractivity contribution < 1.29 is 138 Å². The van der Waals surface area contributed by atoms with E-state index in [2.05, 4.69) is 0 Å². The van der Waals surface area contributed by atoms with Gasteiger partial charge in [-0.3, -0.25) is 33.6 Å². The van der Waals surface area contributed by atoms with Crippen LogP contribution in [0.5, 0.6) is 126 Å². The summed E-state index contributed by atoms with van der Waals surface area (Å²) in [7, 11) is 3.90. The van der Waals surface area contributed by atoms with Crippen molar-refractivity contribution in [1.82, 2.24) is 0 Å². The maximum absolute atomic E-state index is 12.3. The van der Waals surface area contributed by atoms with Crippen LogP contribution in [-0.2, 0) is 0 Å². The van der Waals surface area contributed by atoms with Gasteiger partial charge in [0.15, 0.2) is 161 Å². The molecular formula is C103H124Cl14O28. The molecule has 0 bridgehead atoms. The highest BCUT2D eigenvalue weighted by atomic mass is 35.5. The number of aromatic hydroxyl groups is 14. The second-order valence-corrected chi connectivity index (χ2v) is 39.7. The summed E-state index contributed by atoms with van der Waals surface area (Å²) >= 11 is 83.6. The predicted molar refractivity (Wildman–Crippen MR) is 572 cm³/mol. The van der Waals surface area contributed by atoms with E-state index in [9.17, 15) is 105 Å². The molecule has 145 heavy (non-hydrogen) atoms. The molecule has 28 nitrogen and oxygen atoms in total. The van der Waals surface area contributed by atoms with Gasteiger partial charge in [0.05, 0.1) is 40.6 Å². The Morgan fingerprint density at radius 2 is 0.531 bits per heavy atom. The number of carbonyl (C=O) groups is 7. The lowest BCUT2D eigenvalue weighted by Crippen LogP contribution is -2.13. The third-order valence-electron chi connectivity index (χ3n) is 22.3. The monoisotopic (exact) mass is 2300 g/mol. The van der Waals surface area contributed by atoms with Gasteiger partial charge in [-0.1, -0.05) is 320 Å². The van der Waals surface area contributed by atoms with Crippen molar-refractivity contribution in [1.29, 1.82) is 0 Å². The second kappa shape index (κ2) is 62.7. The van der Waals surface area contributed by atoms with Crippen molar-refractivity contribution in [3.8, 4) is 126 Å². The lowest BCUT2D eigenvalue weighted by molar-refractivity contribution is 0.0911. The zero-order chi connectivity index (χ0) is 110. The minimum atomic E-state index is -0.522. The first-order valence-corrected chi connectivity index (χ1v) is 52.2. The first-order valence-electron chi connectivity index (χ1n) is 46.9. The molecule has 8 aromatic rings. The summed E-state index contributed by atoms with van der Waals surface area (Å²) in [5, 5.41) is 138. The van der Waals surface area contributed by atoms with E-state index in [4.69, 9.17) is 196 Å². The molecule has 14 N–H and O–H groups in total. The highest BCUT2D eigenvalue weighted by molar-refractivity contribution is 6.45. The van der Waals surface area contributed by atoms with Crippen LogP contribution in [0, 0.1) is 11.3 Å². The zero-order valence-corrected chi connectivity index (χ0v) is 93.0. The summed E-state index contributed by atoms with van der Waals surface area (Å²) in [6, 6.07) is 8.66. The number of ether oxygens (including phenoxy) is 7. The average Bonchev–Trinajstić information content (AvgIpc) is 1.76. The van der Waals surface area contributed by atoms with Crippen LogP contribution < -0.4 is 33.2 Å². The van der Waals surface area contributed by atoms with Crippen molar-refractivity contribution in [2.75, 3.05) is 34.5 Å². The van der Waals surface area contributed by atoms with Crippen molar-refractivity contribution in [3.63, 3.8) is 0 Å². The van der Waals surface area contributed by atoms with Gasteiger partial charge in [-0.2, -0.15) is 0 Å². The van der Waals surface area contributed by atoms with E-state index in [0.29, 0.717) is 44.5 Å². The highest BCUT2D eigenvalue weighted by Gasteiger charge is 2.38. The van der Waals surface area contributed by atoms with Gasteiger partial charge >= 0.3 is 0 Å². The quantitative estimate of drug-likeness (QED) is 0.0125. The van der Waals surface area contributed by atoms with Gasteiger partial charge in [0, 0.05) is 44.4 Å². The molecule has 0 heterocycles. The Kier molecular flexibility index (Phi) is 55.6. The van der Waals surface area contributed by atoms with Crippen LogP contribution in [0.4, 0.5) is 0 Å². The van der Waals surface area contributed by atoms with E-state index < -0.39 is 97.8 Å². The van der Waals surface area contributed by atoms with Crippen molar-refractivity contribution >= 4 is 203 Å². The van der Waals surface area contributed by atoms with Crippen LogP contribution in [0.1, 0.15) is 334 Å². The van der Waals surface area contributed by atoms with Gasteiger partial charge in [-0.25, -0.2) is 0 Å². The topological polar surface area (TPSA) is 467 Å². The standard InChI is InChI=1S/C18H18Cl2O4.C17H22Cl2O4.C16H22Cl2O4.C14H18Cl2O4.C13H14Cl2O4.C13H16Cl2O4.C12H14Cl2O4/c1-2-3-5-10-12(21)13-16(22)14(19)18(15(20)17(13)23)24-11-8-6-4-7-9-11;1-2-3-4-9-11(20)12-15(21)13(18)17(14(19)16(12)22)23-10-7-5-6-8-10;1-3-5-7-8-10(19)11-14(20)12(17)16(13(18)15(11)21)22-9-6-4-2;1-3-5-6-7-8(17)9-12(18)10(15)14(20-4-2)11(16)13(9)19;1-19-13-8(14)11(17)7(12(18)9(13)15)10(16)6-4-2-3-5-6;1-13(2,3)5-6(16)7-10(17)8(14)12(19-4)9(15)11(7)18;1-3-4-5-6(15)7-10(16)8(13)12(18-2)9(14)11(7)17/h4,6-9,22-23H,2-3,5,10H2,1H3;10,21-22H,2-9H2,1H3;20-21H,3-9H2,1-2H3;18-19H,3-7H2,1-2H3;6,17-18H,2-5H2,1H3;17-18H,5H2,1-4H3;16-17H,3-5H2,1-2H3. The molecular weight excluding hydrogens is 2180 g/mol. The van der Waals surface area contributed by atoms with Crippen molar-refractivity contribution in [2.24, 2.45) is 11.3 Å². The summed E-state index contributed by atoms with van der Waals surface area (Å²) in [6.07, 6.45) is 21.8. The molecule has 0 aromatic heterocycles. The molecule has 2 aliphatic carbocycles. The van der Waals surface area contributed by atoms with Gasteiger partial charge in [0.25, 0.3) is 0 Å². The lowest BCUT2D eigenvalue weighted by atomic mass is 9.87. The molecule has 0 unspecified atom stereocenters. The molecule has 10 rings (SSSR count). The van der Waals surface area contributed by atoms with E-state index in [1.54, 1.807) is 31.2 Å². The average molecular weight is 2310 g/mol. The number of carbonyl (C=O) groups excluding carboxylic acids is 7. The van der Waals surface area contributed by atoms with E-state index in [1.807, 2.05) is 68.4 Å². The molecule has 0 amide bonds. The number of phenolic OH excluding ortho intramolecular Hbond substituents is 14. The van der Waals surface area contributed by atoms with Gasteiger partial charge < -0.3 is 105 Å². The third-order valence-corrected chi connectivity index (χ3v) is 27.2. The Morgan fingerprint density at radius 3 is 0.800 bits per heavy atom. The van der Waals surface area contributed by atoms with Crippen LogP contribution in [0.15, 0.2) is 30.3 Å². The Hall–Kier alpha value is -8.69. The first-order chi connectivity index (χ1) is 68.4. The molecule has 0 aliphatic heterocycles. The Labute approximate surface area is 913 Å². The van der Waals surface area contributed by atoms with Crippen molar-refractivity contribution in [2.45, 2.75) is 268 Å². The fraction of sp³-hybridized carbons (Fsp3) is 0.466. The highest BCUT2D eigenvalue weighted by Crippen LogP contribution is 2.57. The number of para-hydroxylation sites is 1. The summed E-state index contributed by atoms with van der Waals surface area (Å²) in [5.41, 5.74) is -1.97. The first kappa shape index (κ1) is 129. The fourth-order valence-electron chi connectivity index (χ4n) is 14.6. The molecule has 802 valence electrons. The number of benzene rings is 8. The van der Waals surface area contributed by atoms with Crippen LogP contribution in [0.3, 0.4) is 0 Å². The lowest BCUT2D eigenvalue weighted by Gasteiger charge is -2.19. The summed E-state index contributed by atoms with van der Waals surface area (Å²) in [5.74, 6) is -9.55. The summed E-state index contributed by atoms with van der Waals surface area (Å²) in [4.78, 5) is 85.0. The minimum absolute atomic E-state index is 0.0110. The number of phenols is 14. The molecule has 42 heteroatoms. The molecule has 2 fully saturated rings. The number of halogens is 14. The number of Topliss-reactive ketones (excluding diaryl/α,β-unsaturated/α-hetero) is 7. The van der Waals surface area contributed by atoms with Crippen LogP contribution in [0.2, 0.25) is 70.3 Å². The third kappa shape index (κ3) is 34.4. The molecule has 0 saturated heterocycles. The Balaban J connectivity index is 0.000000353. The number of unbranched alkanes of at least 4 members (excludes halogenated alkanes) is 10. The maximum Gasteiger partial charge on any atom is 0.173 e. The number of methoxy groups -OCH3 is 3. The maximum atomic E-state index is 12.3. The summed E-state index contributed by atoms with van der Waals surface area (Å²) < 4.78 is 36.5. The van der Waals surface area contributed by atoms with Gasteiger partial charge in [0.1, 0.15) is 115 Å². The SMILES string of the molecule is CCCCC(=O)c1c(O)c(Cl)c(OC)c(Cl)c1O.CCCCCC(=O)c1c(O)c(Cl)c(OC2CCCC2)c(Cl)c1O.CCCCCC(=O)c1c(O)c(Cl)c(OCC)c(Cl)c1O.CCCCCC(=O)c1c(O)c(Cl)c(OCCCC)c(Cl)c1O.CCCCCC(=O)c1c(O)c(Cl)c(Oc2ccccc2)c(Cl)c1O.COc1c(Cl)c(O)c(C(=O)C2CCCC2)c(O)c1Cl.COc1c(Cl)c(O)c(C(=O)CC(C)(C)C)c(O)c1Cl. The largest absolute Gasteiger partial charge is 0.505 e. The van der Waals surface area contributed by atoms with E-state index in [-0.39, 0.29) is 235 Å². The van der Waals surface area contributed by atoms with E-state index in [0.717, 1.165) is 122 Å². The van der Waals surface area contributed by atoms with E-state index >= 15 is 0 Å². The number of hydrogen-bond acceptors (Lipinski definition) is 28.